The third-order valence-corrected chi connectivity index (χ3v) is 3.94. The van der Waals surface area contributed by atoms with E-state index >= 15 is 0 Å². The highest BCUT2D eigenvalue weighted by atomic mass is 79.9. The van der Waals surface area contributed by atoms with Gasteiger partial charge in [0.15, 0.2) is 11.5 Å². The van der Waals surface area contributed by atoms with Crippen LogP contribution in [-0.2, 0) is 4.79 Å². The summed E-state index contributed by atoms with van der Waals surface area (Å²) in [6.07, 6.45) is 1.85. The van der Waals surface area contributed by atoms with E-state index in [9.17, 15) is 4.79 Å². The van der Waals surface area contributed by atoms with Gasteiger partial charge in [-0.1, -0.05) is 28.1 Å². The summed E-state index contributed by atoms with van der Waals surface area (Å²) < 4.78 is 12.0. The first-order chi connectivity index (χ1) is 11.1. The van der Waals surface area contributed by atoms with E-state index < -0.39 is 0 Å². The molecule has 1 aliphatic rings. The predicted molar refractivity (Wildman–Crippen MR) is 93.9 cm³/mol. The first-order valence-electron chi connectivity index (χ1n) is 7.27. The van der Waals surface area contributed by atoms with Gasteiger partial charge in [0.1, 0.15) is 13.2 Å². The molecule has 0 aliphatic carbocycles. The SMILES string of the molecule is C/C(=C\c1ccc(Br)cc1)C(=O)Nc1ccc2c(c1)OCCO2. The molecule has 0 bridgehead atoms. The van der Waals surface area contributed by atoms with Crippen LogP contribution in [0.2, 0.25) is 0 Å². The molecule has 1 N–H and O–H groups in total. The molecular weight excluding hydrogens is 358 g/mol. The number of amides is 1. The lowest BCUT2D eigenvalue weighted by molar-refractivity contribution is -0.112. The average Bonchev–Trinajstić information content (AvgIpc) is 2.56. The average molecular weight is 374 g/mol. The van der Waals surface area contributed by atoms with Crippen LogP contribution in [0.1, 0.15) is 12.5 Å². The number of benzene rings is 2. The Morgan fingerprint density at radius 3 is 2.52 bits per heavy atom. The Hall–Kier alpha value is -2.27. The molecular formula is C18H16BrNO3. The van der Waals surface area contributed by atoms with E-state index in [1.165, 1.54) is 0 Å². The zero-order valence-corrected chi connectivity index (χ0v) is 14.2. The van der Waals surface area contributed by atoms with Crippen LogP contribution in [0.3, 0.4) is 0 Å². The number of hydrogen-bond donors (Lipinski definition) is 1. The lowest BCUT2D eigenvalue weighted by Gasteiger charge is -2.19. The van der Waals surface area contributed by atoms with E-state index in [0.717, 1.165) is 10.0 Å². The molecule has 0 radical (unpaired) electrons. The summed E-state index contributed by atoms with van der Waals surface area (Å²) >= 11 is 3.39. The van der Waals surface area contributed by atoms with Crippen LogP contribution in [0.15, 0.2) is 52.5 Å². The fourth-order valence-corrected chi connectivity index (χ4v) is 2.49. The molecule has 1 aliphatic heterocycles. The third-order valence-electron chi connectivity index (χ3n) is 3.41. The second kappa shape index (κ2) is 6.87. The summed E-state index contributed by atoms with van der Waals surface area (Å²) in [5.41, 5.74) is 2.29. The molecule has 4 nitrogen and oxygen atoms in total. The van der Waals surface area contributed by atoms with Crippen molar-refractivity contribution in [1.82, 2.24) is 0 Å². The van der Waals surface area contributed by atoms with Crippen molar-refractivity contribution in [2.75, 3.05) is 18.5 Å². The highest BCUT2D eigenvalue weighted by molar-refractivity contribution is 9.10. The van der Waals surface area contributed by atoms with Gasteiger partial charge in [0.25, 0.3) is 5.91 Å². The molecule has 0 saturated heterocycles. The molecule has 3 rings (SSSR count). The minimum Gasteiger partial charge on any atom is -0.486 e. The molecule has 1 amide bonds. The van der Waals surface area contributed by atoms with Gasteiger partial charge in [-0.05, 0) is 42.8 Å². The van der Waals surface area contributed by atoms with E-state index in [0.29, 0.717) is 36.0 Å². The van der Waals surface area contributed by atoms with E-state index in [2.05, 4.69) is 21.2 Å². The number of nitrogens with one attached hydrogen (secondary N) is 1. The highest BCUT2D eigenvalue weighted by Crippen LogP contribution is 2.32. The van der Waals surface area contributed by atoms with Crippen molar-refractivity contribution >= 4 is 33.6 Å². The summed E-state index contributed by atoms with van der Waals surface area (Å²) in [7, 11) is 0. The van der Waals surface area contributed by atoms with Crippen LogP contribution in [-0.4, -0.2) is 19.1 Å². The molecule has 23 heavy (non-hydrogen) atoms. The number of fused-ring (bicyclic) bond motifs is 1. The fraction of sp³-hybridized carbons (Fsp3) is 0.167. The first-order valence-corrected chi connectivity index (χ1v) is 8.06. The molecule has 0 aromatic heterocycles. The number of anilines is 1. The quantitative estimate of drug-likeness (QED) is 0.817. The Labute approximate surface area is 143 Å². The lowest BCUT2D eigenvalue weighted by Crippen LogP contribution is -2.16. The van der Waals surface area contributed by atoms with Gasteiger partial charge in [-0.25, -0.2) is 0 Å². The van der Waals surface area contributed by atoms with Crippen LogP contribution >= 0.6 is 15.9 Å². The topological polar surface area (TPSA) is 47.6 Å². The summed E-state index contributed by atoms with van der Waals surface area (Å²) in [6.45, 7) is 2.86. The highest BCUT2D eigenvalue weighted by Gasteiger charge is 2.13. The fourth-order valence-electron chi connectivity index (χ4n) is 2.23. The zero-order valence-electron chi connectivity index (χ0n) is 12.6. The number of hydrogen-bond acceptors (Lipinski definition) is 3. The van der Waals surface area contributed by atoms with Gasteiger partial charge in [0.2, 0.25) is 0 Å². The molecule has 2 aromatic rings. The molecule has 0 unspecified atom stereocenters. The maximum absolute atomic E-state index is 12.3. The number of carbonyl (C=O) groups is 1. The van der Waals surface area contributed by atoms with Gasteiger partial charge < -0.3 is 14.8 Å². The van der Waals surface area contributed by atoms with Crippen LogP contribution < -0.4 is 14.8 Å². The number of ether oxygens (including phenoxy) is 2. The van der Waals surface area contributed by atoms with E-state index in [1.54, 1.807) is 25.1 Å². The summed E-state index contributed by atoms with van der Waals surface area (Å²) in [5.74, 6) is 1.21. The van der Waals surface area contributed by atoms with Gasteiger partial charge in [0, 0.05) is 21.8 Å². The van der Waals surface area contributed by atoms with Crippen molar-refractivity contribution in [3.63, 3.8) is 0 Å². The van der Waals surface area contributed by atoms with Crippen molar-refractivity contribution in [2.45, 2.75) is 6.92 Å². The normalized spacial score (nSPS) is 13.6. The second-order valence-corrected chi connectivity index (χ2v) is 6.11. The number of carbonyl (C=O) groups excluding carboxylic acids is 1. The zero-order chi connectivity index (χ0) is 16.2. The summed E-state index contributed by atoms with van der Waals surface area (Å²) in [6, 6.07) is 13.2. The molecule has 0 spiro atoms. The van der Waals surface area contributed by atoms with Gasteiger partial charge in [-0.15, -0.1) is 0 Å². The van der Waals surface area contributed by atoms with E-state index in [-0.39, 0.29) is 5.91 Å². The van der Waals surface area contributed by atoms with Gasteiger partial charge in [-0.2, -0.15) is 0 Å². The van der Waals surface area contributed by atoms with Crippen LogP contribution in [0, 0.1) is 0 Å². The van der Waals surface area contributed by atoms with Crippen molar-refractivity contribution in [2.24, 2.45) is 0 Å². The smallest absolute Gasteiger partial charge is 0.251 e. The Bertz CT molecular complexity index is 753. The Morgan fingerprint density at radius 2 is 1.78 bits per heavy atom. The standard InChI is InChI=1S/C18H16BrNO3/c1-12(10-13-2-4-14(19)5-3-13)18(21)20-15-6-7-16-17(11-15)23-9-8-22-16/h2-7,10-11H,8-9H2,1H3,(H,20,21)/b12-10+. The lowest BCUT2D eigenvalue weighted by atomic mass is 10.1. The van der Waals surface area contributed by atoms with E-state index in [1.807, 2.05) is 30.3 Å². The third kappa shape index (κ3) is 3.93. The Balaban J connectivity index is 1.72. The summed E-state index contributed by atoms with van der Waals surface area (Å²) in [4.78, 5) is 12.3. The molecule has 1 heterocycles. The first kappa shape index (κ1) is 15.6. The molecule has 5 heteroatoms. The van der Waals surface area contributed by atoms with Crippen LogP contribution in [0.5, 0.6) is 11.5 Å². The monoisotopic (exact) mass is 373 g/mol. The molecule has 0 saturated carbocycles. The van der Waals surface area contributed by atoms with Crippen LogP contribution in [0.25, 0.3) is 6.08 Å². The van der Waals surface area contributed by atoms with Gasteiger partial charge in [0.05, 0.1) is 0 Å². The number of rotatable bonds is 3. The maximum Gasteiger partial charge on any atom is 0.251 e. The number of halogens is 1. The Kier molecular flexibility index (Phi) is 4.67. The largest absolute Gasteiger partial charge is 0.486 e. The minimum atomic E-state index is -0.149. The van der Waals surface area contributed by atoms with Crippen molar-refractivity contribution < 1.29 is 14.3 Å². The summed E-state index contributed by atoms with van der Waals surface area (Å²) in [5, 5.41) is 2.87. The van der Waals surface area contributed by atoms with Crippen molar-refractivity contribution in [3.05, 3.63) is 58.1 Å². The molecule has 118 valence electrons. The molecule has 0 fully saturated rings. The Morgan fingerprint density at radius 1 is 1.09 bits per heavy atom. The minimum absolute atomic E-state index is 0.149. The second-order valence-electron chi connectivity index (χ2n) is 5.19. The van der Waals surface area contributed by atoms with Crippen molar-refractivity contribution in [3.8, 4) is 11.5 Å². The molecule has 2 aromatic carbocycles. The van der Waals surface area contributed by atoms with Crippen molar-refractivity contribution in [1.29, 1.82) is 0 Å². The van der Waals surface area contributed by atoms with Gasteiger partial charge >= 0.3 is 0 Å². The maximum atomic E-state index is 12.3. The van der Waals surface area contributed by atoms with Crippen LogP contribution in [0.4, 0.5) is 5.69 Å². The van der Waals surface area contributed by atoms with E-state index in [4.69, 9.17) is 9.47 Å². The predicted octanol–water partition coefficient (Wildman–Crippen LogP) is 4.26. The molecule has 0 atom stereocenters. The van der Waals surface area contributed by atoms with Gasteiger partial charge in [-0.3, -0.25) is 4.79 Å².